The predicted molar refractivity (Wildman–Crippen MR) is 116 cm³/mol. The van der Waals surface area contributed by atoms with E-state index >= 15 is 0 Å². The Morgan fingerprint density at radius 2 is 1.52 bits per heavy atom. The molecule has 5 atom stereocenters. The molecule has 0 aromatic heterocycles. The molecule has 0 spiro atoms. The van der Waals surface area contributed by atoms with Crippen LogP contribution in [0.1, 0.15) is 90.9 Å². The van der Waals surface area contributed by atoms with Crippen molar-refractivity contribution >= 4 is 14.6 Å². The summed E-state index contributed by atoms with van der Waals surface area (Å²) in [6.45, 7) is 6.30. The van der Waals surface area contributed by atoms with E-state index in [0.29, 0.717) is 7.92 Å². The van der Waals surface area contributed by atoms with Gasteiger partial charge < -0.3 is 0 Å². The highest BCUT2D eigenvalue weighted by Gasteiger charge is 2.40. The lowest BCUT2D eigenvalue weighted by Gasteiger charge is -2.47. The van der Waals surface area contributed by atoms with Crippen molar-refractivity contribution in [3.05, 3.63) is 0 Å². The first-order chi connectivity index (χ1) is 12.2. The van der Waals surface area contributed by atoms with Crippen molar-refractivity contribution in [3.63, 3.8) is 0 Å². The summed E-state index contributed by atoms with van der Waals surface area (Å²) in [4.78, 5) is 0. The minimum absolute atomic E-state index is 0.370. The SMILES string of the molecule is CC1CP(CCCCCB2C3CCCC2CCC3)C2CC1CCC2C. The Bertz CT molecular complexity index is 402. The van der Waals surface area contributed by atoms with Gasteiger partial charge >= 0.3 is 0 Å². The maximum absolute atomic E-state index is 2.58. The first-order valence-electron chi connectivity index (χ1n) is 12.0. The molecule has 0 amide bonds. The number of unbranched alkanes of at least 4 members (excludes halogenated alkanes) is 2. The van der Waals surface area contributed by atoms with Gasteiger partial charge in [0.1, 0.15) is 6.71 Å². The number of rotatable bonds is 6. The molecule has 0 aromatic rings. The Labute approximate surface area is 159 Å². The molecule has 0 aromatic carbocycles. The van der Waals surface area contributed by atoms with Crippen molar-refractivity contribution in [2.75, 3.05) is 12.3 Å². The van der Waals surface area contributed by atoms with Gasteiger partial charge in [-0.15, -0.1) is 7.92 Å². The van der Waals surface area contributed by atoms with Crippen molar-refractivity contribution in [2.45, 2.75) is 115 Å². The van der Waals surface area contributed by atoms with Crippen LogP contribution in [-0.2, 0) is 0 Å². The van der Waals surface area contributed by atoms with Crippen molar-refractivity contribution in [1.29, 1.82) is 0 Å². The molecule has 0 radical (unpaired) electrons. The highest BCUT2D eigenvalue weighted by atomic mass is 31.1. The Morgan fingerprint density at radius 1 is 0.800 bits per heavy atom. The van der Waals surface area contributed by atoms with Gasteiger partial charge in [-0.3, -0.25) is 0 Å². The molecule has 3 heterocycles. The van der Waals surface area contributed by atoms with Gasteiger partial charge in [0, 0.05) is 0 Å². The van der Waals surface area contributed by atoms with Crippen molar-refractivity contribution in [2.24, 2.45) is 17.8 Å². The summed E-state index contributed by atoms with van der Waals surface area (Å²) >= 11 is 0. The molecule has 1 saturated carbocycles. The van der Waals surface area contributed by atoms with E-state index < -0.39 is 0 Å². The molecule has 5 unspecified atom stereocenters. The molecule has 142 valence electrons. The Kier molecular flexibility index (Phi) is 6.53. The van der Waals surface area contributed by atoms with Crippen molar-refractivity contribution in [1.82, 2.24) is 0 Å². The molecule has 0 nitrogen and oxygen atoms in total. The van der Waals surface area contributed by atoms with E-state index in [-0.39, 0.29) is 0 Å². The molecule has 3 saturated heterocycles. The molecule has 1 aliphatic carbocycles. The third-order valence-electron chi connectivity index (χ3n) is 8.98. The van der Waals surface area contributed by atoms with Crippen LogP contribution in [0.5, 0.6) is 0 Å². The van der Waals surface area contributed by atoms with Gasteiger partial charge in [0.15, 0.2) is 0 Å². The van der Waals surface area contributed by atoms with Crippen molar-refractivity contribution < 1.29 is 0 Å². The quantitative estimate of drug-likeness (QED) is 0.259. The third-order valence-corrected chi connectivity index (χ3v) is 12.6. The molecule has 25 heavy (non-hydrogen) atoms. The molecular formula is C23H42BP. The summed E-state index contributed by atoms with van der Waals surface area (Å²) in [5.74, 6) is 5.48. The zero-order valence-electron chi connectivity index (χ0n) is 17.1. The average Bonchev–Trinajstić information content (AvgIpc) is 2.60. The maximum atomic E-state index is 2.58. The smallest absolute Gasteiger partial charge is 0.103 e. The summed E-state index contributed by atoms with van der Waals surface area (Å²) in [6, 6.07) is 0. The Morgan fingerprint density at radius 3 is 2.24 bits per heavy atom. The lowest BCUT2D eigenvalue weighted by molar-refractivity contribution is 0.226. The molecule has 3 aliphatic heterocycles. The summed E-state index contributed by atoms with van der Waals surface area (Å²) in [6.07, 6.45) is 23.6. The summed E-state index contributed by atoms with van der Waals surface area (Å²) in [5, 5.41) is 0. The van der Waals surface area contributed by atoms with Crippen LogP contribution in [0, 0.1) is 17.8 Å². The summed E-state index contributed by atoms with van der Waals surface area (Å²) in [5.41, 5.74) is 1.16. The molecule has 0 N–H and O–H groups in total. The van der Waals surface area contributed by atoms with Gasteiger partial charge in [-0.25, -0.2) is 0 Å². The normalized spacial score (nSPS) is 43.9. The second kappa shape index (κ2) is 8.67. The second-order valence-corrected chi connectivity index (χ2v) is 13.1. The van der Waals surface area contributed by atoms with E-state index in [1.165, 1.54) is 0 Å². The standard InChI is InChI=1S/C23H42BP/c1-18-12-13-20-16-23(18)25(17-19(20)2)15-5-3-4-14-24-21-8-6-9-22(24)11-7-10-21/h18-23H,3-17H2,1-2H3. The molecule has 2 heteroatoms. The number of fused-ring (bicyclic) bond motifs is 4. The summed E-state index contributed by atoms with van der Waals surface area (Å²) in [7, 11) is 0.370. The van der Waals surface area contributed by atoms with E-state index in [0.717, 1.165) is 41.8 Å². The van der Waals surface area contributed by atoms with Crippen LogP contribution < -0.4 is 0 Å². The van der Waals surface area contributed by atoms with Crippen molar-refractivity contribution in [3.8, 4) is 0 Å². The van der Waals surface area contributed by atoms with Gasteiger partial charge in [0.25, 0.3) is 0 Å². The van der Waals surface area contributed by atoms with Gasteiger partial charge in [0.05, 0.1) is 0 Å². The highest BCUT2D eigenvalue weighted by molar-refractivity contribution is 7.58. The fraction of sp³-hybridized carbons (Fsp3) is 1.00. The first-order valence-corrected chi connectivity index (χ1v) is 13.7. The first kappa shape index (κ1) is 18.8. The van der Waals surface area contributed by atoms with E-state index in [1.54, 1.807) is 95.7 Å². The minimum Gasteiger partial charge on any atom is -0.103 e. The average molecular weight is 360 g/mol. The van der Waals surface area contributed by atoms with E-state index in [4.69, 9.17) is 0 Å². The monoisotopic (exact) mass is 360 g/mol. The van der Waals surface area contributed by atoms with Crippen LogP contribution >= 0.6 is 7.92 Å². The number of hydrogen-bond donors (Lipinski definition) is 0. The molecular weight excluding hydrogens is 318 g/mol. The second-order valence-electron chi connectivity index (χ2n) is 10.5. The van der Waals surface area contributed by atoms with E-state index in [9.17, 15) is 0 Å². The molecule has 4 fully saturated rings. The minimum atomic E-state index is 0.370. The van der Waals surface area contributed by atoms with Crippen LogP contribution in [-0.4, -0.2) is 24.7 Å². The van der Waals surface area contributed by atoms with E-state index in [2.05, 4.69) is 13.8 Å². The Hall–Kier alpha value is 0.495. The zero-order chi connectivity index (χ0) is 17.2. The van der Waals surface area contributed by atoms with Gasteiger partial charge in [0.2, 0.25) is 0 Å². The summed E-state index contributed by atoms with van der Waals surface area (Å²) < 4.78 is 0. The largest absolute Gasteiger partial charge is 0.146 e. The van der Waals surface area contributed by atoms with Gasteiger partial charge in [-0.1, -0.05) is 83.2 Å². The molecule has 4 bridgehead atoms. The third kappa shape index (κ3) is 4.33. The van der Waals surface area contributed by atoms with Gasteiger partial charge in [-0.2, -0.15) is 0 Å². The lowest BCUT2D eigenvalue weighted by Crippen LogP contribution is -2.37. The van der Waals surface area contributed by atoms with Crippen LogP contribution in [0.2, 0.25) is 18.0 Å². The lowest BCUT2D eigenvalue weighted by atomic mass is 9.26. The van der Waals surface area contributed by atoms with Crippen LogP contribution in [0.3, 0.4) is 0 Å². The van der Waals surface area contributed by atoms with E-state index in [1.807, 2.05) is 0 Å². The van der Waals surface area contributed by atoms with Crippen LogP contribution in [0.15, 0.2) is 0 Å². The highest BCUT2D eigenvalue weighted by Crippen LogP contribution is 2.58. The Balaban J connectivity index is 1.18. The van der Waals surface area contributed by atoms with Crippen LogP contribution in [0.25, 0.3) is 0 Å². The van der Waals surface area contributed by atoms with Gasteiger partial charge in [-0.05, 0) is 61.4 Å². The molecule has 4 aliphatic rings. The topological polar surface area (TPSA) is 0 Å². The van der Waals surface area contributed by atoms with Crippen LogP contribution in [0.4, 0.5) is 0 Å². The fourth-order valence-corrected chi connectivity index (χ4v) is 11.3. The predicted octanol–water partition coefficient (Wildman–Crippen LogP) is 7.70. The molecule has 4 rings (SSSR count). The number of hydrogen-bond acceptors (Lipinski definition) is 0. The maximum Gasteiger partial charge on any atom is 0.146 e. The fourth-order valence-electron chi connectivity index (χ4n) is 7.42. The zero-order valence-corrected chi connectivity index (χ0v) is 18.0.